The molecule has 21 heavy (non-hydrogen) atoms. The molecule has 6 heteroatoms. The summed E-state index contributed by atoms with van der Waals surface area (Å²) in [6.07, 6.45) is 0.826. The van der Waals surface area contributed by atoms with E-state index in [1.807, 2.05) is 6.92 Å². The van der Waals surface area contributed by atoms with Gasteiger partial charge in [0.1, 0.15) is 4.99 Å². The third-order valence-corrected chi connectivity index (χ3v) is 5.63. The minimum Gasteiger partial charge on any atom is -0.389 e. The van der Waals surface area contributed by atoms with Crippen LogP contribution >= 0.6 is 12.2 Å². The van der Waals surface area contributed by atoms with Crippen LogP contribution in [0.4, 0.5) is 0 Å². The molecule has 1 aromatic carbocycles. The summed E-state index contributed by atoms with van der Waals surface area (Å²) in [7, 11) is -1.77. The van der Waals surface area contributed by atoms with E-state index >= 15 is 0 Å². The molecule has 0 spiro atoms. The van der Waals surface area contributed by atoms with Gasteiger partial charge >= 0.3 is 0 Å². The van der Waals surface area contributed by atoms with Gasteiger partial charge < -0.3 is 5.73 Å². The fourth-order valence-corrected chi connectivity index (χ4v) is 3.97. The summed E-state index contributed by atoms with van der Waals surface area (Å²) in [5, 5.41) is 0. The van der Waals surface area contributed by atoms with E-state index in [1.54, 1.807) is 31.3 Å². The lowest BCUT2D eigenvalue weighted by molar-refractivity contribution is 0.337. The fraction of sp³-hybridized carbons (Fsp3) is 0.533. The molecule has 0 fully saturated rings. The van der Waals surface area contributed by atoms with Gasteiger partial charge in [-0.25, -0.2) is 12.7 Å². The van der Waals surface area contributed by atoms with Crippen molar-refractivity contribution in [3.63, 3.8) is 0 Å². The topological polar surface area (TPSA) is 63.4 Å². The first-order valence-electron chi connectivity index (χ1n) is 6.98. The van der Waals surface area contributed by atoms with Crippen molar-refractivity contribution >= 4 is 27.2 Å². The summed E-state index contributed by atoms with van der Waals surface area (Å²) in [5.41, 5.74) is 6.93. The average molecular weight is 329 g/mol. The maximum absolute atomic E-state index is 12.5. The Morgan fingerprint density at radius 1 is 1.29 bits per heavy atom. The van der Waals surface area contributed by atoms with Crippen LogP contribution in [-0.2, 0) is 15.8 Å². The van der Waals surface area contributed by atoms with Crippen molar-refractivity contribution in [2.45, 2.75) is 39.0 Å². The molecule has 1 unspecified atom stereocenters. The minimum atomic E-state index is -3.40. The number of rotatable bonds is 7. The van der Waals surface area contributed by atoms with Gasteiger partial charge in [0.2, 0.25) is 10.0 Å². The lowest BCUT2D eigenvalue weighted by atomic mass is 10.1. The molecule has 0 aliphatic rings. The van der Waals surface area contributed by atoms with Gasteiger partial charge in [0.25, 0.3) is 0 Å². The Balaban J connectivity index is 2.98. The SMILES string of the molecule is CC(C)CC(C)N(C)S(=O)(=O)Cc1ccccc1C(N)=S. The molecular formula is C15H24N2O2S2. The number of benzene rings is 1. The molecule has 1 rings (SSSR count). The number of thiocarbonyl (C=S) groups is 1. The zero-order valence-corrected chi connectivity index (χ0v) is 14.7. The van der Waals surface area contributed by atoms with Gasteiger partial charge in [-0.1, -0.05) is 50.3 Å². The molecule has 118 valence electrons. The van der Waals surface area contributed by atoms with Crippen molar-refractivity contribution < 1.29 is 8.42 Å². The van der Waals surface area contributed by atoms with E-state index < -0.39 is 10.0 Å². The highest BCUT2D eigenvalue weighted by Crippen LogP contribution is 2.19. The Labute approximate surface area is 133 Å². The highest BCUT2D eigenvalue weighted by atomic mass is 32.2. The maximum Gasteiger partial charge on any atom is 0.218 e. The van der Waals surface area contributed by atoms with Crippen molar-refractivity contribution in [3.8, 4) is 0 Å². The van der Waals surface area contributed by atoms with Crippen molar-refractivity contribution in [2.24, 2.45) is 11.7 Å². The molecule has 0 saturated carbocycles. The summed E-state index contributed by atoms with van der Waals surface area (Å²) in [4.78, 5) is 0.221. The molecule has 0 saturated heterocycles. The van der Waals surface area contributed by atoms with Crippen molar-refractivity contribution in [3.05, 3.63) is 35.4 Å². The number of hydrogen-bond donors (Lipinski definition) is 1. The second-order valence-corrected chi connectivity index (χ2v) is 8.24. The average Bonchev–Trinajstić information content (AvgIpc) is 2.36. The number of nitrogens with two attached hydrogens (primary N) is 1. The van der Waals surface area contributed by atoms with Gasteiger partial charge in [-0.3, -0.25) is 0 Å². The first-order chi connectivity index (χ1) is 9.65. The molecule has 0 amide bonds. The first-order valence-corrected chi connectivity index (χ1v) is 9.00. The molecule has 0 heterocycles. The van der Waals surface area contributed by atoms with Gasteiger partial charge in [0.15, 0.2) is 0 Å². The third-order valence-electron chi connectivity index (χ3n) is 3.49. The predicted octanol–water partition coefficient (Wildman–Crippen LogP) is 2.52. The van der Waals surface area contributed by atoms with Gasteiger partial charge in [-0.05, 0) is 24.8 Å². The number of sulfonamides is 1. The smallest absolute Gasteiger partial charge is 0.218 e. The molecule has 2 N–H and O–H groups in total. The Morgan fingerprint density at radius 2 is 1.86 bits per heavy atom. The quantitative estimate of drug-likeness (QED) is 0.781. The van der Waals surface area contributed by atoms with Crippen LogP contribution in [0.5, 0.6) is 0 Å². The molecule has 0 aromatic heterocycles. The van der Waals surface area contributed by atoms with Crippen LogP contribution in [0.3, 0.4) is 0 Å². The molecule has 0 bridgehead atoms. The Hall–Kier alpha value is -0.980. The molecular weight excluding hydrogens is 304 g/mol. The van der Waals surface area contributed by atoms with Crippen LogP contribution < -0.4 is 5.73 Å². The summed E-state index contributed by atoms with van der Waals surface area (Å²) in [6, 6.07) is 7.07. The zero-order valence-electron chi connectivity index (χ0n) is 13.0. The second kappa shape index (κ2) is 7.33. The Bertz CT molecular complexity index is 597. The molecule has 0 aliphatic heterocycles. The van der Waals surface area contributed by atoms with E-state index in [0.717, 1.165) is 6.42 Å². The van der Waals surface area contributed by atoms with Crippen molar-refractivity contribution in [1.29, 1.82) is 0 Å². The van der Waals surface area contributed by atoms with Crippen molar-refractivity contribution in [2.75, 3.05) is 7.05 Å². The highest BCUT2D eigenvalue weighted by Gasteiger charge is 2.25. The van der Waals surface area contributed by atoms with Gasteiger partial charge in [-0.15, -0.1) is 0 Å². The van der Waals surface area contributed by atoms with Crippen molar-refractivity contribution in [1.82, 2.24) is 4.31 Å². The molecule has 1 aromatic rings. The molecule has 0 aliphatic carbocycles. The maximum atomic E-state index is 12.5. The van der Waals surface area contributed by atoms with Gasteiger partial charge in [0, 0.05) is 18.7 Å². The Morgan fingerprint density at radius 3 is 2.38 bits per heavy atom. The van der Waals surface area contributed by atoms with E-state index in [9.17, 15) is 8.42 Å². The highest BCUT2D eigenvalue weighted by molar-refractivity contribution is 7.88. The van der Waals surface area contributed by atoms with E-state index in [-0.39, 0.29) is 16.8 Å². The summed E-state index contributed by atoms with van der Waals surface area (Å²) < 4.78 is 26.5. The molecule has 4 nitrogen and oxygen atoms in total. The van der Waals surface area contributed by atoms with E-state index in [4.69, 9.17) is 18.0 Å². The standard InChI is InChI=1S/C15H24N2O2S2/c1-11(2)9-12(3)17(4)21(18,19)10-13-7-5-6-8-14(13)15(16)20/h5-8,11-12H,9-10H2,1-4H3,(H2,16,20). The normalized spacial score (nSPS) is 13.6. The lowest BCUT2D eigenvalue weighted by Gasteiger charge is -2.26. The second-order valence-electron chi connectivity index (χ2n) is 5.77. The van der Waals surface area contributed by atoms with Gasteiger partial charge in [-0.2, -0.15) is 0 Å². The van der Waals surface area contributed by atoms with Crippen LogP contribution in [0.1, 0.15) is 38.3 Å². The van der Waals surface area contributed by atoms with Crippen LogP contribution in [0.2, 0.25) is 0 Å². The molecule has 0 radical (unpaired) electrons. The van der Waals surface area contributed by atoms with E-state index in [2.05, 4.69) is 13.8 Å². The fourth-order valence-electron chi connectivity index (χ4n) is 2.29. The predicted molar refractivity (Wildman–Crippen MR) is 91.6 cm³/mol. The zero-order chi connectivity index (χ0) is 16.2. The largest absolute Gasteiger partial charge is 0.389 e. The van der Waals surface area contributed by atoms with Crippen LogP contribution in [0.15, 0.2) is 24.3 Å². The van der Waals surface area contributed by atoms with Crippen LogP contribution in [-0.4, -0.2) is 30.8 Å². The summed E-state index contributed by atoms with van der Waals surface area (Å²) in [5.74, 6) is 0.362. The first kappa shape index (κ1) is 18.1. The van der Waals surface area contributed by atoms with Crippen LogP contribution in [0.25, 0.3) is 0 Å². The third kappa shape index (κ3) is 5.05. The minimum absolute atomic E-state index is 0.0352. The van der Waals surface area contributed by atoms with Gasteiger partial charge in [0.05, 0.1) is 5.75 Å². The molecule has 1 atom stereocenters. The number of hydrogen-bond acceptors (Lipinski definition) is 3. The van der Waals surface area contributed by atoms with E-state index in [0.29, 0.717) is 17.0 Å². The number of nitrogens with zero attached hydrogens (tertiary/aromatic N) is 1. The Kier molecular flexibility index (Phi) is 6.31. The monoisotopic (exact) mass is 328 g/mol. The van der Waals surface area contributed by atoms with E-state index in [1.165, 1.54) is 4.31 Å². The summed E-state index contributed by atoms with van der Waals surface area (Å²) >= 11 is 4.98. The lowest BCUT2D eigenvalue weighted by Crippen LogP contribution is -2.37. The van der Waals surface area contributed by atoms with Crippen LogP contribution in [0, 0.1) is 5.92 Å². The summed E-state index contributed by atoms with van der Waals surface area (Å²) in [6.45, 7) is 6.09.